The molecule has 0 aliphatic heterocycles. The first-order valence-corrected chi connectivity index (χ1v) is 8.23. The van der Waals surface area contributed by atoms with Gasteiger partial charge in [0.1, 0.15) is 12.4 Å². The molecule has 0 aliphatic rings. The summed E-state index contributed by atoms with van der Waals surface area (Å²) in [5.41, 5.74) is 7.92. The van der Waals surface area contributed by atoms with Gasteiger partial charge in [0.25, 0.3) is 0 Å². The van der Waals surface area contributed by atoms with Crippen molar-refractivity contribution in [3.05, 3.63) is 65.2 Å². The highest BCUT2D eigenvalue weighted by Gasteiger charge is 2.09. The van der Waals surface area contributed by atoms with E-state index >= 15 is 0 Å². The fraction of sp³-hybridized carbons (Fsp3) is 0.286. The summed E-state index contributed by atoms with van der Waals surface area (Å²) >= 11 is 0. The van der Waals surface area contributed by atoms with Crippen molar-refractivity contribution in [1.82, 2.24) is 4.90 Å². The topological polar surface area (TPSA) is 55.6 Å². The van der Waals surface area contributed by atoms with E-state index in [4.69, 9.17) is 16.9 Å². The van der Waals surface area contributed by atoms with E-state index in [0.29, 0.717) is 24.8 Å². The molecule has 0 saturated heterocycles. The Labute approximate surface area is 149 Å². The van der Waals surface area contributed by atoms with Crippen LogP contribution in [-0.4, -0.2) is 30.4 Å². The first-order valence-electron chi connectivity index (χ1n) is 8.23. The molecular formula is C21H24N2O2. The van der Waals surface area contributed by atoms with Gasteiger partial charge in [0.15, 0.2) is 0 Å². The van der Waals surface area contributed by atoms with Gasteiger partial charge in [-0.05, 0) is 55.8 Å². The molecule has 0 fully saturated rings. The van der Waals surface area contributed by atoms with E-state index in [1.165, 1.54) is 5.56 Å². The van der Waals surface area contributed by atoms with Crippen LogP contribution in [0.3, 0.4) is 0 Å². The van der Waals surface area contributed by atoms with Gasteiger partial charge in [0.2, 0.25) is 5.91 Å². The molecule has 2 aromatic carbocycles. The number of amides is 1. The van der Waals surface area contributed by atoms with Crippen molar-refractivity contribution in [3.8, 4) is 18.1 Å². The van der Waals surface area contributed by atoms with Crippen molar-refractivity contribution in [2.45, 2.75) is 26.0 Å². The molecule has 130 valence electrons. The van der Waals surface area contributed by atoms with Crippen LogP contribution in [0.2, 0.25) is 0 Å². The van der Waals surface area contributed by atoms with Crippen LogP contribution in [0.25, 0.3) is 0 Å². The fourth-order valence-corrected chi connectivity index (χ4v) is 2.50. The minimum absolute atomic E-state index is 0.374. The maximum Gasteiger partial charge on any atom is 0.248 e. The summed E-state index contributed by atoms with van der Waals surface area (Å²) in [5, 5.41) is 0. The average Bonchev–Trinajstić information content (AvgIpc) is 2.61. The van der Waals surface area contributed by atoms with Crippen LogP contribution in [0.15, 0.2) is 48.5 Å². The normalized spacial score (nSPS) is 11.8. The van der Waals surface area contributed by atoms with Crippen LogP contribution in [0.5, 0.6) is 5.75 Å². The maximum atomic E-state index is 11.2. The number of primary amides is 1. The molecule has 25 heavy (non-hydrogen) atoms. The monoisotopic (exact) mass is 336 g/mol. The molecule has 2 aromatic rings. The lowest BCUT2D eigenvalue weighted by atomic mass is 10.1. The molecule has 2 rings (SSSR count). The van der Waals surface area contributed by atoms with E-state index in [1.807, 2.05) is 25.2 Å². The van der Waals surface area contributed by atoms with E-state index in [1.54, 1.807) is 18.2 Å². The molecule has 1 amide bonds. The molecule has 4 heteroatoms. The van der Waals surface area contributed by atoms with Crippen LogP contribution in [0.1, 0.15) is 28.4 Å². The zero-order valence-electron chi connectivity index (χ0n) is 14.7. The van der Waals surface area contributed by atoms with Crippen LogP contribution in [-0.2, 0) is 13.0 Å². The van der Waals surface area contributed by atoms with Gasteiger partial charge in [-0.3, -0.25) is 9.69 Å². The molecule has 0 saturated carbocycles. The average molecular weight is 336 g/mol. The minimum Gasteiger partial charge on any atom is -0.489 e. The van der Waals surface area contributed by atoms with E-state index < -0.39 is 5.91 Å². The molecule has 1 unspecified atom stereocenters. The number of nitrogens with zero attached hydrogens (tertiary/aromatic N) is 1. The lowest BCUT2D eigenvalue weighted by molar-refractivity contribution is 0.1000. The molecule has 0 heterocycles. The molecule has 4 nitrogen and oxygen atoms in total. The van der Waals surface area contributed by atoms with Crippen molar-refractivity contribution >= 4 is 5.91 Å². The highest BCUT2D eigenvalue weighted by molar-refractivity contribution is 5.92. The first kappa shape index (κ1) is 18.6. The quantitative estimate of drug-likeness (QED) is 0.754. The zero-order chi connectivity index (χ0) is 18.2. The van der Waals surface area contributed by atoms with Gasteiger partial charge in [-0.2, -0.15) is 0 Å². The van der Waals surface area contributed by atoms with Crippen LogP contribution >= 0.6 is 0 Å². The number of benzene rings is 2. The van der Waals surface area contributed by atoms with Crippen LogP contribution in [0, 0.1) is 12.3 Å². The molecule has 0 aliphatic carbocycles. The minimum atomic E-state index is -0.435. The lowest BCUT2D eigenvalue weighted by Crippen LogP contribution is -2.31. The maximum absolute atomic E-state index is 11.2. The number of ether oxygens (including phenoxy) is 1. The third-order valence-electron chi connectivity index (χ3n) is 4.16. The second kappa shape index (κ2) is 8.91. The highest BCUT2D eigenvalue weighted by atomic mass is 16.5. The van der Waals surface area contributed by atoms with Crippen molar-refractivity contribution in [2.75, 3.05) is 13.6 Å². The van der Waals surface area contributed by atoms with Crippen molar-refractivity contribution in [2.24, 2.45) is 5.73 Å². The van der Waals surface area contributed by atoms with Gasteiger partial charge in [-0.25, -0.2) is 0 Å². The van der Waals surface area contributed by atoms with Crippen molar-refractivity contribution < 1.29 is 9.53 Å². The fourth-order valence-electron chi connectivity index (χ4n) is 2.50. The summed E-state index contributed by atoms with van der Waals surface area (Å²) in [5.74, 6) is 3.02. The number of hydrogen-bond acceptors (Lipinski definition) is 3. The van der Waals surface area contributed by atoms with Gasteiger partial charge >= 0.3 is 0 Å². The van der Waals surface area contributed by atoms with Crippen molar-refractivity contribution in [3.63, 3.8) is 0 Å². The molecule has 0 aromatic heterocycles. The predicted octanol–water partition coefficient (Wildman–Crippen LogP) is 2.86. The number of carbonyl (C=O) groups excluding carboxylic acids is 1. The predicted molar refractivity (Wildman–Crippen MR) is 100 cm³/mol. The summed E-state index contributed by atoms with van der Waals surface area (Å²) < 4.78 is 5.78. The molecule has 1 atom stereocenters. The van der Waals surface area contributed by atoms with E-state index in [2.05, 4.69) is 29.9 Å². The number of nitrogens with two attached hydrogens (primary N) is 1. The Bertz CT molecular complexity index is 747. The second-order valence-electron chi connectivity index (χ2n) is 6.17. The smallest absolute Gasteiger partial charge is 0.248 e. The van der Waals surface area contributed by atoms with Crippen LogP contribution < -0.4 is 10.5 Å². The highest BCUT2D eigenvalue weighted by Crippen LogP contribution is 2.16. The largest absolute Gasteiger partial charge is 0.489 e. The standard InChI is InChI=1S/C21H24N2O2/c1-4-12-23(3)16(2)13-17-8-10-20(11-9-17)25-15-18-6-5-7-19(14-18)21(22)24/h1,5-11,14,16H,12-13,15H2,2-3H3,(H2,22,24). The van der Waals surface area contributed by atoms with Gasteiger partial charge in [-0.1, -0.05) is 30.2 Å². The Morgan fingerprint density at radius 1 is 1.24 bits per heavy atom. The summed E-state index contributed by atoms with van der Waals surface area (Å²) in [6.07, 6.45) is 6.28. The number of terminal acetylenes is 1. The van der Waals surface area contributed by atoms with Gasteiger partial charge in [-0.15, -0.1) is 6.42 Å². The van der Waals surface area contributed by atoms with Gasteiger partial charge in [0.05, 0.1) is 6.54 Å². The first-order chi connectivity index (χ1) is 12.0. The Balaban J connectivity index is 1.91. The molecular weight excluding hydrogens is 312 g/mol. The van der Waals surface area contributed by atoms with E-state index in [9.17, 15) is 4.79 Å². The SMILES string of the molecule is C#CCN(C)C(C)Cc1ccc(OCc2cccc(C(N)=O)c2)cc1. The van der Waals surface area contributed by atoms with E-state index in [0.717, 1.165) is 17.7 Å². The molecule has 0 spiro atoms. The lowest BCUT2D eigenvalue weighted by Gasteiger charge is -2.22. The zero-order valence-corrected chi connectivity index (χ0v) is 14.7. The van der Waals surface area contributed by atoms with Gasteiger partial charge in [0, 0.05) is 11.6 Å². The number of likely N-dealkylation sites (N-methyl/N-ethyl adjacent to an activating group) is 1. The number of hydrogen-bond donors (Lipinski definition) is 1. The Morgan fingerprint density at radius 3 is 2.60 bits per heavy atom. The Morgan fingerprint density at radius 2 is 1.96 bits per heavy atom. The third-order valence-corrected chi connectivity index (χ3v) is 4.16. The van der Waals surface area contributed by atoms with Crippen molar-refractivity contribution in [1.29, 1.82) is 0 Å². The third kappa shape index (κ3) is 5.66. The summed E-state index contributed by atoms with van der Waals surface area (Å²) in [6, 6.07) is 15.6. The Hall–Kier alpha value is -2.77. The second-order valence-corrected chi connectivity index (χ2v) is 6.17. The summed E-state index contributed by atoms with van der Waals surface area (Å²) in [6.45, 7) is 3.20. The summed E-state index contributed by atoms with van der Waals surface area (Å²) in [4.78, 5) is 13.4. The van der Waals surface area contributed by atoms with Crippen LogP contribution in [0.4, 0.5) is 0 Å². The molecule has 0 radical (unpaired) electrons. The number of carbonyl (C=O) groups is 1. The molecule has 2 N–H and O–H groups in total. The van der Waals surface area contributed by atoms with E-state index in [-0.39, 0.29) is 0 Å². The Kier molecular flexibility index (Phi) is 6.62. The number of rotatable bonds is 8. The summed E-state index contributed by atoms with van der Waals surface area (Å²) in [7, 11) is 2.03. The van der Waals surface area contributed by atoms with Gasteiger partial charge < -0.3 is 10.5 Å². The molecule has 0 bridgehead atoms.